The molecule has 1 aliphatic carbocycles. The quantitative estimate of drug-likeness (QED) is 0.161. The monoisotopic (exact) mass is 878 g/mol. The van der Waals surface area contributed by atoms with Gasteiger partial charge < -0.3 is 19.1 Å². The summed E-state index contributed by atoms with van der Waals surface area (Å²) in [5, 5.41) is 1.18. The van der Waals surface area contributed by atoms with E-state index in [9.17, 15) is 0 Å². The van der Waals surface area contributed by atoms with Gasteiger partial charge in [-0.25, -0.2) is 0 Å². The first kappa shape index (κ1) is 43.1. The van der Waals surface area contributed by atoms with E-state index >= 15 is 0 Å². The molecule has 3 heterocycles. The van der Waals surface area contributed by atoms with E-state index in [2.05, 4.69) is 243 Å². The van der Waals surface area contributed by atoms with Crippen LogP contribution in [0, 0.1) is 13.8 Å². The molecule has 11 rings (SSSR count). The standard InChI is InChI=1S/C62H64BN3O/c1-39-33-53-56-54(34-39)66(51-30-25-42(35-40(51)2)60(6,7)8)52-36-46(64(43-19-15-13-16-20-43)44-21-17-14-18-22-44)28-29-50(52)63(56)58-57(65(53)45-26-23-41(24-27-45)59(3,4)5)47-37-48-49(38-55(47)67-58)62(11,12)32-31-61(48,9)10/h13-30,33-38H,31-32H2,1-12H3. The lowest BCUT2D eigenvalue weighted by molar-refractivity contribution is 0.332. The molecule has 0 bridgehead atoms. The van der Waals surface area contributed by atoms with Crippen LogP contribution in [0.25, 0.3) is 11.0 Å². The van der Waals surface area contributed by atoms with E-state index in [1.54, 1.807) is 0 Å². The summed E-state index contributed by atoms with van der Waals surface area (Å²) in [6.07, 6.45) is 2.29. The Morgan fingerprint density at radius 1 is 0.537 bits per heavy atom. The van der Waals surface area contributed by atoms with E-state index in [1.165, 1.54) is 66.8 Å². The summed E-state index contributed by atoms with van der Waals surface area (Å²) in [6.45, 7) is 27.9. The van der Waals surface area contributed by atoms with Crippen molar-refractivity contribution >= 4 is 85.5 Å². The third-order valence-electron chi connectivity index (χ3n) is 15.3. The molecule has 0 spiro atoms. The minimum atomic E-state index is -0.160. The molecule has 3 aliphatic rings. The first-order valence-electron chi connectivity index (χ1n) is 24.4. The number of nitrogens with zero attached hydrogens (tertiary/aromatic N) is 3. The van der Waals surface area contributed by atoms with Crippen LogP contribution >= 0.6 is 0 Å². The highest BCUT2D eigenvalue weighted by molar-refractivity contribution is 7.00. The van der Waals surface area contributed by atoms with Gasteiger partial charge in [0.1, 0.15) is 5.58 Å². The zero-order valence-corrected chi connectivity index (χ0v) is 41.6. The van der Waals surface area contributed by atoms with E-state index < -0.39 is 0 Å². The van der Waals surface area contributed by atoms with Crippen LogP contribution in [0.2, 0.25) is 0 Å². The molecule has 0 unspecified atom stereocenters. The Bertz CT molecular complexity index is 3200. The maximum absolute atomic E-state index is 7.55. The smallest absolute Gasteiger partial charge is 0.297 e. The van der Waals surface area contributed by atoms with Crippen molar-refractivity contribution in [1.82, 2.24) is 0 Å². The van der Waals surface area contributed by atoms with Crippen LogP contribution in [0.15, 0.2) is 150 Å². The molecule has 0 atom stereocenters. The maximum Gasteiger partial charge on any atom is 0.297 e. The van der Waals surface area contributed by atoms with Gasteiger partial charge in [-0.2, -0.15) is 0 Å². The highest BCUT2D eigenvalue weighted by Gasteiger charge is 2.48. The highest BCUT2D eigenvalue weighted by atomic mass is 16.3. The van der Waals surface area contributed by atoms with Crippen LogP contribution in [0.4, 0.5) is 51.2 Å². The molecule has 0 fully saturated rings. The number of para-hydroxylation sites is 2. The first-order chi connectivity index (χ1) is 31.8. The van der Waals surface area contributed by atoms with Gasteiger partial charge in [-0.05, 0) is 172 Å². The predicted octanol–water partition coefficient (Wildman–Crippen LogP) is 15.5. The van der Waals surface area contributed by atoms with E-state index in [-0.39, 0.29) is 28.4 Å². The molecule has 4 nitrogen and oxygen atoms in total. The molecule has 0 amide bonds. The van der Waals surface area contributed by atoms with Crippen molar-refractivity contribution < 1.29 is 4.42 Å². The van der Waals surface area contributed by atoms with Crippen molar-refractivity contribution in [3.05, 3.63) is 179 Å². The van der Waals surface area contributed by atoms with Crippen molar-refractivity contribution in [2.24, 2.45) is 0 Å². The fraction of sp³-hybridized carbons (Fsp3) is 0.290. The van der Waals surface area contributed by atoms with E-state index in [1.807, 2.05) is 0 Å². The lowest BCUT2D eigenvalue weighted by Crippen LogP contribution is -2.61. The minimum Gasteiger partial charge on any atom is -0.468 e. The van der Waals surface area contributed by atoms with Crippen LogP contribution in [0.1, 0.15) is 115 Å². The third kappa shape index (κ3) is 6.94. The van der Waals surface area contributed by atoms with Gasteiger partial charge in [0, 0.05) is 50.9 Å². The molecular weight excluding hydrogens is 814 g/mol. The predicted molar refractivity (Wildman–Crippen MR) is 287 cm³/mol. The van der Waals surface area contributed by atoms with E-state index in [4.69, 9.17) is 4.42 Å². The Morgan fingerprint density at radius 2 is 1.10 bits per heavy atom. The summed E-state index contributed by atoms with van der Waals surface area (Å²) in [7, 11) is 0. The third-order valence-corrected chi connectivity index (χ3v) is 15.3. The molecule has 0 radical (unpaired) electrons. The lowest BCUT2D eigenvalue weighted by atomic mass is 9.35. The summed E-state index contributed by atoms with van der Waals surface area (Å²) < 4.78 is 7.55. The van der Waals surface area contributed by atoms with Gasteiger partial charge in [0.05, 0.1) is 11.3 Å². The second kappa shape index (κ2) is 15.0. The zero-order chi connectivity index (χ0) is 46.9. The molecule has 0 saturated carbocycles. The van der Waals surface area contributed by atoms with E-state index in [0.717, 1.165) is 58.2 Å². The topological polar surface area (TPSA) is 22.9 Å². The minimum absolute atomic E-state index is 0.0140. The van der Waals surface area contributed by atoms with Gasteiger partial charge in [0.2, 0.25) is 0 Å². The fourth-order valence-corrected chi connectivity index (χ4v) is 11.4. The Kier molecular flexibility index (Phi) is 9.67. The summed E-state index contributed by atoms with van der Waals surface area (Å²) in [4.78, 5) is 7.49. The number of anilines is 9. The molecule has 8 aromatic rings. The van der Waals surface area contributed by atoms with Crippen LogP contribution in [0.5, 0.6) is 0 Å². The summed E-state index contributed by atoms with van der Waals surface area (Å²) in [6, 6.07) is 54.9. The number of benzene rings is 7. The van der Waals surface area contributed by atoms with Crippen LogP contribution in [0.3, 0.4) is 0 Å². The molecule has 0 saturated heterocycles. The Labute approximate surface area is 399 Å². The highest BCUT2D eigenvalue weighted by Crippen LogP contribution is 2.52. The fourth-order valence-electron chi connectivity index (χ4n) is 11.4. The van der Waals surface area contributed by atoms with Gasteiger partial charge >= 0.3 is 0 Å². The largest absolute Gasteiger partial charge is 0.468 e. The molecule has 5 heteroatoms. The first-order valence-corrected chi connectivity index (χ1v) is 24.4. The Morgan fingerprint density at radius 3 is 1.69 bits per heavy atom. The van der Waals surface area contributed by atoms with Crippen LogP contribution in [-0.4, -0.2) is 6.71 Å². The molecule has 1 aromatic heterocycles. The molecule has 7 aromatic carbocycles. The normalized spacial score (nSPS) is 15.8. The Balaban J connectivity index is 1.24. The van der Waals surface area contributed by atoms with Crippen molar-refractivity contribution in [3.8, 4) is 0 Å². The number of rotatable bonds is 5. The molecule has 0 N–H and O–H groups in total. The Hall–Kier alpha value is -6.46. The number of aryl methyl sites for hydroxylation is 2. The van der Waals surface area contributed by atoms with Crippen molar-refractivity contribution in [2.75, 3.05) is 14.7 Å². The van der Waals surface area contributed by atoms with Crippen LogP contribution < -0.4 is 31.3 Å². The summed E-state index contributed by atoms with van der Waals surface area (Å²) in [5.41, 5.74) is 22.9. The number of fused-ring (bicyclic) bond motifs is 7. The molecule has 67 heavy (non-hydrogen) atoms. The van der Waals surface area contributed by atoms with Gasteiger partial charge in [0.25, 0.3) is 6.71 Å². The number of hydrogen-bond donors (Lipinski definition) is 0. The lowest BCUT2D eigenvalue weighted by Gasteiger charge is -2.43. The van der Waals surface area contributed by atoms with Gasteiger partial charge in [-0.1, -0.05) is 136 Å². The average Bonchev–Trinajstić information content (AvgIpc) is 3.66. The second-order valence-corrected chi connectivity index (χ2v) is 23.1. The van der Waals surface area contributed by atoms with Crippen molar-refractivity contribution in [2.45, 2.75) is 118 Å². The molecule has 336 valence electrons. The zero-order valence-electron chi connectivity index (χ0n) is 41.6. The molecule has 2 aliphatic heterocycles. The molecular formula is C62H64BN3O. The second-order valence-electron chi connectivity index (χ2n) is 23.1. The number of furan rings is 1. The van der Waals surface area contributed by atoms with E-state index in [0.29, 0.717) is 0 Å². The van der Waals surface area contributed by atoms with Gasteiger partial charge in [0.15, 0.2) is 0 Å². The van der Waals surface area contributed by atoms with Crippen molar-refractivity contribution in [3.63, 3.8) is 0 Å². The van der Waals surface area contributed by atoms with Gasteiger partial charge in [-0.3, -0.25) is 0 Å². The SMILES string of the molecule is Cc1cc2c3c(c1)N(c1ccc(C(C)(C)C)cc1)c1c(oc4cc5c(cc14)C(C)(C)CCC5(C)C)B3c1ccc(N(c3ccccc3)c3ccccc3)cc1N2c1ccc(C(C)(C)C)cc1C. The average molecular weight is 878 g/mol. The van der Waals surface area contributed by atoms with Crippen LogP contribution in [-0.2, 0) is 21.7 Å². The van der Waals surface area contributed by atoms with Gasteiger partial charge in [-0.15, -0.1) is 0 Å². The number of hydrogen-bond acceptors (Lipinski definition) is 4. The van der Waals surface area contributed by atoms with Crippen molar-refractivity contribution in [1.29, 1.82) is 0 Å². The summed E-state index contributed by atoms with van der Waals surface area (Å²) in [5.74, 6) is 0. The maximum atomic E-state index is 7.55. The summed E-state index contributed by atoms with van der Waals surface area (Å²) >= 11 is 0.